The van der Waals surface area contributed by atoms with Gasteiger partial charge in [-0.15, -0.1) is 0 Å². The minimum absolute atomic E-state index is 0.0744. The van der Waals surface area contributed by atoms with Gasteiger partial charge in [0.15, 0.2) is 0 Å². The van der Waals surface area contributed by atoms with Crippen LogP contribution in [0.25, 0.3) is 0 Å². The Bertz CT molecular complexity index is 871. The molecule has 2 fully saturated rings. The third-order valence-corrected chi connectivity index (χ3v) is 8.27. The van der Waals surface area contributed by atoms with Crippen molar-refractivity contribution in [3.63, 3.8) is 0 Å². The Morgan fingerprint density at radius 3 is 2.13 bits per heavy atom. The van der Waals surface area contributed by atoms with Gasteiger partial charge in [-0.3, -0.25) is 9.59 Å². The Kier molecular flexibility index (Phi) is 7.72. The van der Waals surface area contributed by atoms with Crippen LogP contribution in [0.4, 0.5) is 5.69 Å². The SMILES string of the molecule is CC(C)C(=O)Nc1ccc(C(=O)N2CCN(S(=O)(=O)N(C)C3CCCCC3)CC2)cc1. The third-order valence-electron chi connectivity index (χ3n) is 6.23. The van der Waals surface area contributed by atoms with Crippen molar-refractivity contribution in [2.45, 2.75) is 52.0 Å². The summed E-state index contributed by atoms with van der Waals surface area (Å²) in [6.07, 6.45) is 5.17. The molecule has 1 aliphatic heterocycles. The second kappa shape index (κ2) is 10.1. The summed E-state index contributed by atoms with van der Waals surface area (Å²) in [6.45, 7) is 4.96. The Hall–Kier alpha value is -1.97. The van der Waals surface area contributed by atoms with Gasteiger partial charge in [-0.05, 0) is 37.1 Å². The largest absolute Gasteiger partial charge is 0.336 e. The molecule has 0 atom stereocenters. The van der Waals surface area contributed by atoms with Crippen molar-refractivity contribution >= 4 is 27.7 Å². The van der Waals surface area contributed by atoms with Crippen LogP contribution in [0.15, 0.2) is 24.3 Å². The van der Waals surface area contributed by atoms with Crippen LogP contribution in [-0.2, 0) is 15.0 Å². The first-order valence-corrected chi connectivity index (χ1v) is 12.5. The summed E-state index contributed by atoms with van der Waals surface area (Å²) in [5.41, 5.74) is 1.18. The highest BCUT2D eigenvalue weighted by atomic mass is 32.2. The number of hydrogen-bond acceptors (Lipinski definition) is 4. The lowest BCUT2D eigenvalue weighted by Crippen LogP contribution is -2.55. The lowest BCUT2D eigenvalue weighted by atomic mass is 9.96. The van der Waals surface area contributed by atoms with Crippen LogP contribution in [0.5, 0.6) is 0 Å². The van der Waals surface area contributed by atoms with Crippen LogP contribution in [0.2, 0.25) is 0 Å². The molecule has 8 nitrogen and oxygen atoms in total. The van der Waals surface area contributed by atoms with Crippen molar-refractivity contribution in [1.29, 1.82) is 0 Å². The van der Waals surface area contributed by atoms with E-state index in [0.717, 1.165) is 25.7 Å². The highest BCUT2D eigenvalue weighted by Crippen LogP contribution is 2.25. The van der Waals surface area contributed by atoms with E-state index < -0.39 is 10.2 Å². The smallest absolute Gasteiger partial charge is 0.282 e. The van der Waals surface area contributed by atoms with E-state index in [1.54, 1.807) is 36.2 Å². The van der Waals surface area contributed by atoms with Crippen LogP contribution in [0, 0.1) is 5.92 Å². The molecule has 1 saturated heterocycles. The number of hydrogen-bond donors (Lipinski definition) is 1. The predicted molar refractivity (Wildman–Crippen MR) is 121 cm³/mol. The molecule has 1 heterocycles. The van der Waals surface area contributed by atoms with Gasteiger partial charge in [-0.25, -0.2) is 0 Å². The van der Waals surface area contributed by atoms with Crippen molar-refractivity contribution in [2.75, 3.05) is 38.5 Å². The van der Waals surface area contributed by atoms with Crippen molar-refractivity contribution in [1.82, 2.24) is 13.5 Å². The van der Waals surface area contributed by atoms with Gasteiger partial charge in [-0.2, -0.15) is 17.0 Å². The number of nitrogens with zero attached hydrogens (tertiary/aromatic N) is 3. The van der Waals surface area contributed by atoms with Crippen molar-refractivity contribution < 1.29 is 18.0 Å². The van der Waals surface area contributed by atoms with Crippen LogP contribution >= 0.6 is 0 Å². The summed E-state index contributed by atoms with van der Waals surface area (Å²) in [7, 11) is -1.83. The lowest BCUT2D eigenvalue weighted by Gasteiger charge is -2.38. The summed E-state index contributed by atoms with van der Waals surface area (Å²) in [4.78, 5) is 26.3. The fourth-order valence-corrected chi connectivity index (χ4v) is 5.68. The highest BCUT2D eigenvalue weighted by Gasteiger charge is 2.35. The Morgan fingerprint density at radius 2 is 1.58 bits per heavy atom. The predicted octanol–water partition coefficient (Wildman–Crippen LogP) is 2.55. The molecular formula is C22H34N4O4S. The van der Waals surface area contributed by atoms with E-state index in [2.05, 4.69) is 5.32 Å². The maximum absolute atomic E-state index is 13.0. The van der Waals surface area contributed by atoms with Gasteiger partial charge in [0.25, 0.3) is 16.1 Å². The van der Waals surface area contributed by atoms with Gasteiger partial charge >= 0.3 is 0 Å². The fraction of sp³-hybridized carbons (Fsp3) is 0.636. The molecule has 0 radical (unpaired) electrons. The molecule has 1 aromatic rings. The lowest BCUT2D eigenvalue weighted by molar-refractivity contribution is -0.118. The first-order chi connectivity index (χ1) is 14.7. The van der Waals surface area contributed by atoms with E-state index in [1.807, 2.05) is 13.8 Å². The minimum Gasteiger partial charge on any atom is -0.336 e. The zero-order valence-corrected chi connectivity index (χ0v) is 19.5. The van der Waals surface area contributed by atoms with Gasteiger partial charge in [-0.1, -0.05) is 33.1 Å². The molecule has 2 amide bonds. The van der Waals surface area contributed by atoms with Crippen LogP contribution in [0.3, 0.4) is 0 Å². The molecule has 1 N–H and O–H groups in total. The van der Waals surface area contributed by atoms with E-state index in [-0.39, 0.29) is 23.8 Å². The Balaban J connectivity index is 1.56. The van der Waals surface area contributed by atoms with Crippen molar-refractivity contribution in [2.24, 2.45) is 5.92 Å². The fourth-order valence-electron chi connectivity index (χ4n) is 4.10. The molecule has 0 bridgehead atoms. The summed E-state index contributed by atoms with van der Waals surface area (Å²) in [6, 6.07) is 6.89. The monoisotopic (exact) mass is 450 g/mol. The number of anilines is 1. The second-order valence-electron chi connectivity index (χ2n) is 8.73. The molecule has 0 spiro atoms. The number of nitrogens with one attached hydrogen (secondary N) is 1. The molecule has 2 aliphatic rings. The molecule has 172 valence electrons. The highest BCUT2D eigenvalue weighted by molar-refractivity contribution is 7.86. The number of rotatable bonds is 6. The Morgan fingerprint density at radius 1 is 1.00 bits per heavy atom. The summed E-state index contributed by atoms with van der Waals surface area (Å²) < 4.78 is 29.1. The normalized spacial score (nSPS) is 19.1. The van der Waals surface area contributed by atoms with E-state index >= 15 is 0 Å². The molecule has 1 saturated carbocycles. The van der Waals surface area contributed by atoms with Crippen molar-refractivity contribution in [3.8, 4) is 0 Å². The van der Waals surface area contributed by atoms with Gasteiger partial charge in [0.05, 0.1) is 0 Å². The maximum atomic E-state index is 13.0. The maximum Gasteiger partial charge on any atom is 0.282 e. The van der Waals surface area contributed by atoms with Gasteiger partial charge in [0, 0.05) is 56.4 Å². The molecule has 31 heavy (non-hydrogen) atoms. The second-order valence-corrected chi connectivity index (χ2v) is 10.7. The van der Waals surface area contributed by atoms with E-state index in [9.17, 15) is 18.0 Å². The molecule has 3 rings (SSSR count). The standard InChI is InChI=1S/C22H34N4O4S/c1-17(2)21(27)23-19-11-9-18(10-12-19)22(28)25-13-15-26(16-14-25)31(29,30)24(3)20-7-5-4-6-8-20/h9-12,17,20H,4-8,13-16H2,1-3H3,(H,23,27). The van der Waals surface area contributed by atoms with E-state index in [1.165, 1.54) is 15.0 Å². The zero-order valence-electron chi connectivity index (χ0n) is 18.7. The summed E-state index contributed by atoms with van der Waals surface area (Å²) >= 11 is 0. The van der Waals surface area contributed by atoms with Gasteiger partial charge in [0.1, 0.15) is 0 Å². The molecule has 9 heteroatoms. The number of carbonyl (C=O) groups excluding carboxylic acids is 2. The van der Waals surface area contributed by atoms with Crippen LogP contribution in [-0.4, -0.2) is 73.0 Å². The first-order valence-electron chi connectivity index (χ1n) is 11.1. The average Bonchev–Trinajstić information content (AvgIpc) is 2.79. The molecular weight excluding hydrogens is 416 g/mol. The van der Waals surface area contributed by atoms with Gasteiger partial charge in [0.2, 0.25) is 5.91 Å². The van der Waals surface area contributed by atoms with Crippen LogP contribution < -0.4 is 5.32 Å². The topological polar surface area (TPSA) is 90.0 Å². The molecule has 1 aliphatic carbocycles. The zero-order chi connectivity index (χ0) is 22.6. The quantitative estimate of drug-likeness (QED) is 0.721. The first kappa shape index (κ1) is 23.7. The molecule has 1 aromatic carbocycles. The third kappa shape index (κ3) is 5.64. The van der Waals surface area contributed by atoms with Crippen molar-refractivity contribution in [3.05, 3.63) is 29.8 Å². The Labute approximate surface area is 185 Å². The summed E-state index contributed by atoms with van der Waals surface area (Å²) in [5, 5.41) is 2.81. The number of amides is 2. The average molecular weight is 451 g/mol. The van der Waals surface area contributed by atoms with E-state index in [4.69, 9.17) is 0 Å². The number of benzene rings is 1. The number of carbonyl (C=O) groups is 2. The van der Waals surface area contributed by atoms with Gasteiger partial charge < -0.3 is 10.2 Å². The molecule has 0 aromatic heterocycles. The number of piperazine rings is 1. The summed E-state index contributed by atoms with van der Waals surface area (Å²) in [5.74, 6) is -0.319. The minimum atomic E-state index is -3.51. The molecule has 0 unspecified atom stereocenters. The van der Waals surface area contributed by atoms with Crippen LogP contribution in [0.1, 0.15) is 56.3 Å². The van der Waals surface area contributed by atoms with E-state index in [0.29, 0.717) is 37.4 Å².